The molecule has 0 bridgehead atoms. The monoisotopic (exact) mass is 436 g/mol. The van der Waals surface area contributed by atoms with E-state index in [-0.39, 0.29) is 17.6 Å². The van der Waals surface area contributed by atoms with Crippen molar-refractivity contribution in [2.45, 2.75) is 20.4 Å². The molecule has 2 aromatic carbocycles. The van der Waals surface area contributed by atoms with Crippen molar-refractivity contribution in [2.24, 2.45) is 0 Å². The number of nitrogens with one attached hydrogen (secondary N) is 2. The third kappa shape index (κ3) is 4.20. The minimum atomic E-state index is -0.281. The summed E-state index contributed by atoms with van der Waals surface area (Å²) < 4.78 is 15.0. The molecule has 158 valence electrons. The molecule has 2 N–H and O–H groups in total. The van der Waals surface area contributed by atoms with E-state index in [4.69, 9.17) is 0 Å². The quantitative estimate of drug-likeness (QED) is 0.483. The fraction of sp³-hybridized carbons (Fsp3) is 0.174. The molecule has 0 saturated carbocycles. The average molecular weight is 437 g/mol. The van der Waals surface area contributed by atoms with Gasteiger partial charge in [-0.1, -0.05) is 18.2 Å². The van der Waals surface area contributed by atoms with E-state index in [0.29, 0.717) is 22.7 Å². The van der Waals surface area contributed by atoms with E-state index in [2.05, 4.69) is 15.7 Å². The van der Waals surface area contributed by atoms with E-state index >= 15 is 0 Å². The molecule has 0 aliphatic carbocycles. The summed E-state index contributed by atoms with van der Waals surface area (Å²) in [4.78, 5) is 26.3. The predicted molar refractivity (Wildman–Crippen MR) is 120 cm³/mol. The van der Waals surface area contributed by atoms with Gasteiger partial charge in [0.05, 0.1) is 17.1 Å². The molecular formula is C23H21FN4O2S. The van der Waals surface area contributed by atoms with Crippen LogP contribution in [-0.4, -0.2) is 28.6 Å². The largest absolute Gasteiger partial charge is 0.355 e. The smallest absolute Gasteiger partial charge is 0.265 e. The first-order valence-electron chi connectivity index (χ1n) is 9.71. The molecule has 0 saturated heterocycles. The molecule has 2 heterocycles. The highest BCUT2D eigenvalue weighted by molar-refractivity contribution is 7.20. The third-order valence-electron chi connectivity index (χ3n) is 5.05. The Bertz CT molecular complexity index is 1290. The maximum atomic E-state index is 13.2. The van der Waals surface area contributed by atoms with E-state index in [1.807, 2.05) is 24.6 Å². The number of nitrogens with zero attached hydrogens (tertiary/aromatic N) is 2. The number of anilines is 1. The first kappa shape index (κ1) is 20.7. The summed E-state index contributed by atoms with van der Waals surface area (Å²) in [5, 5.41) is 11.0. The van der Waals surface area contributed by atoms with Crippen LogP contribution in [0.1, 0.15) is 36.9 Å². The van der Waals surface area contributed by atoms with Crippen molar-refractivity contribution in [1.82, 2.24) is 15.1 Å². The lowest BCUT2D eigenvalue weighted by molar-refractivity contribution is 0.0961. The van der Waals surface area contributed by atoms with Crippen LogP contribution in [0, 0.1) is 19.7 Å². The second-order valence-corrected chi connectivity index (χ2v) is 8.29. The van der Waals surface area contributed by atoms with E-state index in [1.54, 1.807) is 37.4 Å². The molecule has 2 aromatic heterocycles. The zero-order valence-electron chi connectivity index (χ0n) is 17.3. The van der Waals surface area contributed by atoms with Gasteiger partial charge in [-0.15, -0.1) is 11.3 Å². The summed E-state index contributed by atoms with van der Waals surface area (Å²) in [6, 6.07) is 13.3. The molecule has 0 spiro atoms. The highest BCUT2D eigenvalue weighted by Gasteiger charge is 2.18. The molecule has 0 atom stereocenters. The minimum Gasteiger partial charge on any atom is -0.355 e. The van der Waals surface area contributed by atoms with Crippen molar-refractivity contribution in [3.63, 3.8) is 0 Å². The molecule has 4 aromatic rings. The van der Waals surface area contributed by atoms with Crippen LogP contribution >= 0.6 is 11.3 Å². The molecule has 0 fully saturated rings. The van der Waals surface area contributed by atoms with Crippen LogP contribution in [0.15, 0.2) is 48.5 Å². The summed E-state index contributed by atoms with van der Waals surface area (Å²) in [5.41, 5.74) is 3.68. The number of fused-ring (bicyclic) bond motifs is 1. The Balaban J connectivity index is 1.61. The number of rotatable bonds is 5. The molecule has 4 rings (SSSR count). The summed E-state index contributed by atoms with van der Waals surface area (Å²) in [6.45, 7) is 4.26. The van der Waals surface area contributed by atoms with Crippen molar-refractivity contribution < 1.29 is 14.0 Å². The summed E-state index contributed by atoms with van der Waals surface area (Å²) in [5.74, 6) is -0.739. The summed E-state index contributed by atoms with van der Waals surface area (Å²) >= 11 is 1.35. The average Bonchev–Trinajstić information content (AvgIpc) is 3.32. The Morgan fingerprint density at radius 1 is 1.06 bits per heavy atom. The van der Waals surface area contributed by atoms with Crippen molar-refractivity contribution in [3.8, 4) is 0 Å². The number of aromatic nitrogens is 2. The molecule has 0 aliphatic rings. The summed E-state index contributed by atoms with van der Waals surface area (Å²) in [6.07, 6.45) is 0. The zero-order chi connectivity index (χ0) is 22.1. The predicted octanol–water partition coefficient (Wildman–Crippen LogP) is 4.51. The summed E-state index contributed by atoms with van der Waals surface area (Å²) in [7, 11) is 1.56. The van der Waals surface area contributed by atoms with Crippen molar-refractivity contribution in [3.05, 3.63) is 81.6 Å². The molecule has 0 unspecified atom stereocenters. The Morgan fingerprint density at radius 3 is 2.52 bits per heavy atom. The van der Waals surface area contributed by atoms with Gasteiger partial charge in [0.1, 0.15) is 10.6 Å². The number of carbonyl (C=O) groups excluding carboxylic acids is 2. The number of amides is 2. The van der Waals surface area contributed by atoms with Gasteiger partial charge in [-0.05, 0) is 55.3 Å². The van der Waals surface area contributed by atoms with Gasteiger partial charge in [-0.3, -0.25) is 14.3 Å². The molecule has 0 radical (unpaired) electrons. The van der Waals surface area contributed by atoms with Crippen molar-refractivity contribution in [2.75, 3.05) is 12.4 Å². The molecule has 8 heteroatoms. The van der Waals surface area contributed by atoms with Crippen molar-refractivity contribution >= 4 is 39.1 Å². The number of benzene rings is 2. The number of carbonyl (C=O) groups is 2. The van der Waals surface area contributed by atoms with Gasteiger partial charge < -0.3 is 10.6 Å². The number of thiophene rings is 1. The Hall–Kier alpha value is -3.52. The molecule has 31 heavy (non-hydrogen) atoms. The van der Waals surface area contributed by atoms with Gasteiger partial charge in [0, 0.05) is 23.7 Å². The van der Waals surface area contributed by atoms with E-state index in [9.17, 15) is 14.0 Å². The Labute approximate surface area is 182 Å². The second kappa shape index (κ2) is 8.31. The van der Waals surface area contributed by atoms with Gasteiger partial charge >= 0.3 is 0 Å². The lowest BCUT2D eigenvalue weighted by atomic mass is 10.1. The van der Waals surface area contributed by atoms with E-state index in [1.165, 1.54) is 23.5 Å². The fourth-order valence-corrected chi connectivity index (χ4v) is 4.38. The molecule has 6 nitrogen and oxygen atoms in total. The fourth-order valence-electron chi connectivity index (χ4n) is 3.32. The maximum Gasteiger partial charge on any atom is 0.265 e. The van der Waals surface area contributed by atoms with Gasteiger partial charge in [-0.25, -0.2) is 4.39 Å². The first-order valence-corrected chi connectivity index (χ1v) is 10.5. The molecular weight excluding hydrogens is 415 g/mol. The molecule has 2 amide bonds. The standard InChI is InChI=1S/C23H21FN4O2S/c1-13-4-7-16(21(29)25-3)10-19(13)26-22(30)20-11-18-14(2)27-28(23(18)31-20)12-15-5-8-17(24)9-6-15/h4-11H,12H2,1-3H3,(H,25,29)(H,26,30). The van der Waals surface area contributed by atoms with E-state index in [0.717, 1.165) is 27.0 Å². The first-order chi connectivity index (χ1) is 14.9. The molecule has 0 aliphatic heterocycles. The third-order valence-corrected chi connectivity index (χ3v) is 6.20. The lowest BCUT2D eigenvalue weighted by Crippen LogP contribution is -2.18. The lowest BCUT2D eigenvalue weighted by Gasteiger charge is -2.09. The highest BCUT2D eigenvalue weighted by Crippen LogP contribution is 2.30. The minimum absolute atomic E-state index is 0.214. The number of hydrogen-bond acceptors (Lipinski definition) is 4. The van der Waals surface area contributed by atoms with Crippen LogP contribution in [0.3, 0.4) is 0 Å². The van der Waals surface area contributed by atoms with E-state index < -0.39 is 0 Å². The Kier molecular flexibility index (Phi) is 5.56. The second-order valence-electron chi connectivity index (χ2n) is 7.26. The Morgan fingerprint density at radius 2 is 1.81 bits per heavy atom. The van der Waals surface area contributed by atoms with Crippen LogP contribution in [0.5, 0.6) is 0 Å². The zero-order valence-corrected chi connectivity index (χ0v) is 18.1. The highest BCUT2D eigenvalue weighted by atomic mass is 32.1. The van der Waals surface area contributed by atoms with Crippen molar-refractivity contribution in [1.29, 1.82) is 0 Å². The SMILES string of the molecule is CNC(=O)c1ccc(C)c(NC(=O)c2cc3c(C)nn(Cc4ccc(F)cc4)c3s2)c1. The van der Waals surface area contributed by atoms with Crippen LogP contribution in [0.25, 0.3) is 10.2 Å². The maximum absolute atomic E-state index is 13.2. The number of hydrogen-bond donors (Lipinski definition) is 2. The normalized spacial score (nSPS) is 11.0. The van der Waals surface area contributed by atoms with Gasteiger partial charge in [0.25, 0.3) is 11.8 Å². The van der Waals surface area contributed by atoms with Crippen LogP contribution < -0.4 is 10.6 Å². The van der Waals surface area contributed by atoms with Gasteiger partial charge in [-0.2, -0.15) is 5.10 Å². The van der Waals surface area contributed by atoms with Gasteiger partial charge in [0.2, 0.25) is 0 Å². The van der Waals surface area contributed by atoms with Crippen LogP contribution in [-0.2, 0) is 6.54 Å². The van der Waals surface area contributed by atoms with Crippen LogP contribution in [0.4, 0.5) is 10.1 Å². The van der Waals surface area contributed by atoms with Crippen LogP contribution in [0.2, 0.25) is 0 Å². The topological polar surface area (TPSA) is 76.0 Å². The number of halogens is 1. The van der Waals surface area contributed by atoms with Gasteiger partial charge in [0.15, 0.2) is 0 Å². The number of aryl methyl sites for hydroxylation is 2.